The molecule has 2 aromatic rings. The third-order valence-corrected chi connectivity index (χ3v) is 3.35. The summed E-state index contributed by atoms with van der Waals surface area (Å²) in [4.78, 5) is 4.85. The van der Waals surface area contributed by atoms with Crippen molar-refractivity contribution in [2.45, 2.75) is 28.9 Å². The van der Waals surface area contributed by atoms with E-state index >= 15 is 0 Å². The molecule has 1 fully saturated rings. The minimum Gasteiger partial charge on any atom is -0.245 e. The molecule has 2 heterocycles. The maximum Gasteiger partial charge on any atom is 0.214 e. The van der Waals surface area contributed by atoms with E-state index in [1.807, 2.05) is 16.8 Å². The van der Waals surface area contributed by atoms with Gasteiger partial charge in [0.2, 0.25) is 5.16 Å². The van der Waals surface area contributed by atoms with Gasteiger partial charge in [0, 0.05) is 11.1 Å². The van der Waals surface area contributed by atoms with E-state index in [1.54, 1.807) is 12.3 Å². The molecule has 0 bridgehead atoms. The lowest BCUT2D eigenvalue weighted by atomic mass is 10.4. The second-order valence-corrected chi connectivity index (χ2v) is 4.77. The summed E-state index contributed by atoms with van der Waals surface area (Å²) >= 11 is 1.45. The Balaban J connectivity index is 1.86. The van der Waals surface area contributed by atoms with E-state index in [1.165, 1.54) is 11.8 Å². The Morgan fingerprint density at radius 1 is 1.47 bits per heavy atom. The number of aromatic nitrogens is 5. The topological polar surface area (TPSA) is 80.3 Å². The first-order valence-corrected chi connectivity index (χ1v) is 6.00. The molecule has 2 aromatic heterocycles. The fourth-order valence-electron chi connectivity index (χ4n) is 1.44. The summed E-state index contributed by atoms with van der Waals surface area (Å²) in [5.74, 6) is 0. The summed E-state index contributed by atoms with van der Waals surface area (Å²) in [6.45, 7) is 0. The van der Waals surface area contributed by atoms with Gasteiger partial charge in [0.25, 0.3) is 0 Å². The Kier molecular flexibility index (Phi) is 2.49. The van der Waals surface area contributed by atoms with Crippen molar-refractivity contribution in [3.05, 3.63) is 24.0 Å². The molecule has 1 aliphatic rings. The summed E-state index contributed by atoms with van der Waals surface area (Å²) < 4.78 is 1.84. The van der Waals surface area contributed by atoms with Crippen LogP contribution in [0.1, 0.15) is 24.6 Å². The summed E-state index contributed by atoms with van der Waals surface area (Å²) in [7, 11) is 0. The van der Waals surface area contributed by atoms with Gasteiger partial charge in [-0.15, -0.1) is 5.10 Å². The van der Waals surface area contributed by atoms with Crippen LogP contribution in [0.15, 0.2) is 28.4 Å². The fraction of sp³-hybridized carbons (Fsp3) is 0.300. The van der Waals surface area contributed by atoms with Crippen LogP contribution in [0.2, 0.25) is 0 Å². The summed E-state index contributed by atoms with van der Waals surface area (Å²) in [5, 5.41) is 21.2. The average molecular weight is 244 g/mol. The normalized spacial score (nSPS) is 14.5. The van der Waals surface area contributed by atoms with Gasteiger partial charge in [-0.25, -0.2) is 9.67 Å². The minimum absolute atomic E-state index is 0.403. The van der Waals surface area contributed by atoms with Crippen LogP contribution in [-0.2, 0) is 0 Å². The highest BCUT2D eigenvalue weighted by molar-refractivity contribution is 7.99. The van der Waals surface area contributed by atoms with E-state index in [0.29, 0.717) is 11.7 Å². The second-order valence-electron chi connectivity index (χ2n) is 3.73. The van der Waals surface area contributed by atoms with E-state index in [4.69, 9.17) is 5.26 Å². The first-order chi connectivity index (χ1) is 8.36. The zero-order chi connectivity index (χ0) is 11.7. The van der Waals surface area contributed by atoms with Gasteiger partial charge in [0.05, 0.1) is 6.04 Å². The SMILES string of the molecule is N#Cc1cc(Sc2nnnn2C2CC2)ccn1. The summed E-state index contributed by atoms with van der Waals surface area (Å²) in [6.07, 6.45) is 3.89. The Labute approximate surface area is 102 Å². The van der Waals surface area contributed by atoms with Crippen LogP contribution >= 0.6 is 11.8 Å². The molecule has 84 valence electrons. The van der Waals surface area contributed by atoms with Gasteiger partial charge < -0.3 is 0 Å². The van der Waals surface area contributed by atoms with Gasteiger partial charge in [-0.05, 0) is 47.2 Å². The molecule has 0 radical (unpaired) electrons. The number of hydrogen-bond acceptors (Lipinski definition) is 6. The zero-order valence-electron chi connectivity index (χ0n) is 8.82. The largest absolute Gasteiger partial charge is 0.245 e. The monoisotopic (exact) mass is 244 g/mol. The maximum absolute atomic E-state index is 8.77. The number of hydrogen-bond donors (Lipinski definition) is 0. The lowest BCUT2D eigenvalue weighted by molar-refractivity contribution is 0.565. The smallest absolute Gasteiger partial charge is 0.214 e. The lowest BCUT2D eigenvalue weighted by Crippen LogP contribution is -1.98. The van der Waals surface area contributed by atoms with Crippen LogP contribution < -0.4 is 0 Å². The van der Waals surface area contributed by atoms with Crippen LogP contribution in [0.5, 0.6) is 0 Å². The number of nitrogens with zero attached hydrogens (tertiary/aromatic N) is 6. The van der Waals surface area contributed by atoms with Crippen molar-refractivity contribution in [1.82, 2.24) is 25.2 Å². The molecule has 0 saturated heterocycles. The highest BCUT2D eigenvalue weighted by atomic mass is 32.2. The zero-order valence-corrected chi connectivity index (χ0v) is 9.63. The Bertz CT molecular complexity index is 582. The van der Waals surface area contributed by atoms with E-state index in [2.05, 4.69) is 20.5 Å². The molecule has 0 aromatic carbocycles. The van der Waals surface area contributed by atoms with E-state index in [9.17, 15) is 0 Å². The van der Waals surface area contributed by atoms with Crippen LogP contribution in [0, 0.1) is 11.3 Å². The lowest BCUT2D eigenvalue weighted by Gasteiger charge is -2.01. The number of pyridine rings is 1. The molecule has 0 N–H and O–H groups in total. The van der Waals surface area contributed by atoms with Crippen LogP contribution in [0.25, 0.3) is 0 Å². The first kappa shape index (κ1) is 10.2. The summed E-state index contributed by atoms with van der Waals surface area (Å²) in [5.41, 5.74) is 0.403. The molecule has 1 saturated carbocycles. The van der Waals surface area contributed by atoms with Crippen molar-refractivity contribution in [3.63, 3.8) is 0 Å². The standard InChI is InChI=1S/C10H8N6S/c11-6-7-5-9(3-4-12-7)17-10-13-14-15-16(10)8-1-2-8/h3-5,8H,1-2H2. The maximum atomic E-state index is 8.77. The van der Waals surface area contributed by atoms with Crippen molar-refractivity contribution >= 4 is 11.8 Å². The molecule has 3 rings (SSSR count). The number of tetrazole rings is 1. The molecule has 0 amide bonds. The van der Waals surface area contributed by atoms with E-state index < -0.39 is 0 Å². The molecule has 0 unspecified atom stereocenters. The Morgan fingerprint density at radius 2 is 2.35 bits per heavy atom. The molecular formula is C10H8N6S. The number of nitriles is 1. The van der Waals surface area contributed by atoms with Gasteiger partial charge >= 0.3 is 0 Å². The van der Waals surface area contributed by atoms with Gasteiger partial charge in [-0.3, -0.25) is 0 Å². The summed E-state index contributed by atoms with van der Waals surface area (Å²) in [6, 6.07) is 6.04. The average Bonchev–Trinajstić information content (AvgIpc) is 3.11. The van der Waals surface area contributed by atoms with Gasteiger partial charge in [-0.2, -0.15) is 5.26 Å². The van der Waals surface area contributed by atoms with Crippen molar-refractivity contribution in [1.29, 1.82) is 5.26 Å². The molecule has 6 nitrogen and oxygen atoms in total. The quantitative estimate of drug-likeness (QED) is 0.812. The van der Waals surface area contributed by atoms with Crippen LogP contribution in [0.4, 0.5) is 0 Å². The highest BCUT2D eigenvalue weighted by Gasteiger charge is 2.28. The molecule has 17 heavy (non-hydrogen) atoms. The van der Waals surface area contributed by atoms with Crippen molar-refractivity contribution < 1.29 is 0 Å². The second kappa shape index (κ2) is 4.14. The van der Waals surface area contributed by atoms with Crippen LogP contribution in [-0.4, -0.2) is 25.2 Å². The molecule has 7 heteroatoms. The van der Waals surface area contributed by atoms with E-state index in [-0.39, 0.29) is 0 Å². The Hall–Kier alpha value is -1.94. The highest BCUT2D eigenvalue weighted by Crippen LogP contribution is 2.37. The molecule has 1 aliphatic carbocycles. The van der Waals surface area contributed by atoms with Gasteiger partial charge in [0.1, 0.15) is 11.8 Å². The molecular weight excluding hydrogens is 236 g/mol. The predicted octanol–water partition coefficient (Wildman–Crippen LogP) is 1.43. The number of rotatable bonds is 3. The van der Waals surface area contributed by atoms with Crippen molar-refractivity contribution in [2.75, 3.05) is 0 Å². The van der Waals surface area contributed by atoms with Gasteiger partial charge in [-0.1, -0.05) is 0 Å². The third kappa shape index (κ3) is 2.12. The first-order valence-electron chi connectivity index (χ1n) is 5.18. The molecule has 0 spiro atoms. The minimum atomic E-state index is 0.403. The predicted molar refractivity (Wildman–Crippen MR) is 59.2 cm³/mol. The fourth-order valence-corrected chi connectivity index (χ4v) is 2.31. The Morgan fingerprint density at radius 3 is 3.12 bits per heavy atom. The van der Waals surface area contributed by atoms with E-state index in [0.717, 1.165) is 22.9 Å². The van der Waals surface area contributed by atoms with Crippen LogP contribution in [0.3, 0.4) is 0 Å². The molecule has 0 aliphatic heterocycles. The van der Waals surface area contributed by atoms with Crippen molar-refractivity contribution in [3.8, 4) is 6.07 Å². The molecule has 0 atom stereocenters. The van der Waals surface area contributed by atoms with Gasteiger partial charge in [0.15, 0.2) is 0 Å². The van der Waals surface area contributed by atoms with Crippen molar-refractivity contribution in [2.24, 2.45) is 0 Å². The third-order valence-electron chi connectivity index (χ3n) is 2.41.